The van der Waals surface area contributed by atoms with E-state index >= 15 is 0 Å². The number of nitrogens with zero attached hydrogens (tertiary/aromatic N) is 3. The van der Waals surface area contributed by atoms with Crippen molar-refractivity contribution in [1.29, 1.82) is 0 Å². The maximum absolute atomic E-state index is 12.6. The minimum Gasteiger partial charge on any atom is -0.381 e. The van der Waals surface area contributed by atoms with Crippen LogP contribution in [-0.4, -0.2) is 41.8 Å². The number of ether oxygens (including phenoxy) is 1. The number of aryl methyl sites for hydroxylation is 1. The molecule has 3 rings (SSSR count). The van der Waals surface area contributed by atoms with Gasteiger partial charge in [0.2, 0.25) is 16.9 Å². The highest BCUT2D eigenvalue weighted by molar-refractivity contribution is 7.15. The number of amides is 2. The first-order valence-electron chi connectivity index (χ1n) is 9.21. The Bertz CT molecular complexity index is 808. The number of hydrogen-bond donors (Lipinski definition) is 1. The molecule has 0 bridgehead atoms. The van der Waals surface area contributed by atoms with Gasteiger partial charge in [0, 0.05) is 31.2 Å². The molecule has 1 aliphatic heterocycles. The van der Waals surface area contributed by atoms with Gasteiger partial charge in [-0.1, -0.05) is 36.5 Å². The first kappa shape index (κ1) is 19.4. The maximum Gasteiger partial charge on any atom is 0.228 e. The number of hydrogen-bond acceptors (Lipinski definition) is 6. The van der Waals surface area contributed by atoms with E-state index in [1.807, 2.05) is 30.0 Å². The van der Waals surface area contributed by atoms with Crippen molar-refractivity contribution in [3.63, 3.8) is 0 Å². The molecule has 1 atom stereocenters. The second-order valence-corrected chi connectivity index (χ2v) is 7.34. The lowest BCUT2D eigenvalue weighted by Crippen LogP contribution is -2.25. The molecule has 8 heteroatoms. The van der Waals surface area contributed by atoms with E-state index in [9.17, 15) is 9.59 Å². The molecular formula is C19H24N4O3S. The number of benzene rings is 1. The molecule has 1 aromatic carbocycles. The summed E-state index contributed by atoms with van der Waals surface area (Å²) >= 11 is 1.33. The van der Waals surface area contributed by atoms with Gasteiger partial charge in [-0.25, -0.2) is 0 Å². The van der Waals surface area contributed by atoms with Crippen molar-refractivity contribution in [2.75, 3.05) is 30.0 Å². The van der Waals surface area contributed by atoms with Crippen LogP contribution in [0.25, 0.3) is 0 Å². The molecule has 2 aromatic rings. The van der Waals surface area contributed by atoms with E-state index in [0.717, 1.165) is 22.7 Å². The van der Waals surface area contributed by atoms with Crippen LogP contribution in [0.5, 0.6) is 0 Å². The molecule has 7 nitrogen and oxygen atoms in total. The Labute approximate surface area is 162 Å². The molecule has 1 aromatic heterocycles. The smallest absolute Gasteiger partial charge is 0.228 e. The van der Waals surface area contributed by atoms with E-state index in [4.69, 9.17) is 4.74 Å². The first-order valence-corrected chi connectivity index (χ1v) is 10.0. The minimum atomic E-state index is -0.146. The lowest BCUT2D eigenvalue weighted by atomic mass is 10.1. The molecule has 1 fully saturated rings. The third-order valence-corrected chi connectivity index (χ3v) is 5.50. The molecule has 1 N–H and O–H groups in total. The second-order valence-electron chi connectivity index (χ2n) is 6.33. The standard InChI is InChI=1S/C19H24N4O3S/c1-3-13-7-5-6-8-15(13)23-12-14(11-17(23)25)18-21-22-19(27-18)20-16(24)9-10-26-4-2/h5-8,14H,3-4,9-12H2,1-2H3,(H,20,22,24)/t14-/m1/s1. The van der Waals surface area contributed by atoms with Crippen molar-refractivity contribution in [3.8, 4) is 0 Å². The highest BCUT2D eigenvalue weighted by atomic mass is 32.1. The molecule has 0 unspecified atom stereocenters. The Balaban J connectivity index is 1.64. The van der Waals surface area contributed by atoms with Gasteiger partial charge in [0.05, 0.1) is 13.0 Å². The molecule has 1 aliphatic rings. The zero-order valence-electron chi connectivity index (χ0n) is 15.6. The quantitative estimate of drug-likeness (QED) is 0.703. The van der Waals surface area contributed by atoms with Crippen molar-refractivity contribution in [2.24, 2.45) is 0 Å². The van der Waals surface area contributed by atoms with E-state index in [1.54, 1.807) is 0 Å². The van der Waals surface area contributed by atoms with Gasteiger partial charge in [0.15, 0.2) is 0 Å². The van der Waals surface area contributed by atoms with Gasteiger partial charge in [0.25, 0.3) is 0 Å². The number of nitrogens with one attached hydrogen (secondary N) is 1. The third-order valence-electron chi connectivity index (χ3n) is 4.50. The van der Waals surface area contributed by atoms with Gasteiger partial charge in [0.1, 0.15) is 5.01 Å². The Hall–Kier alpha value is -2.32. The van der Waals surface area contributed by atoms with Crippen LogP contribution < -0.4 is 10.2 Å². The predicted molar refractivity (Wildman–Crippen MR) is 105 cm³/mol. The molecule has 27 heavy (non-hydrogen) atoms. The number of carbonyl (C=O) groups is 2. The van der Waals surface area contributed by atoms with Crippen molar-refractivity contribution in [3.05, 3.63) is 34.8 Å². The van der Waals surface area contributed by atoms with Gasteiger partial charge in [-0.05, 0) is 25.0 Å². The van der Waals surface area contributed by atoms with Crippen LogP contribution in [-0.2, 0) is 20.7 Å². The summed E-state index contributed by atoms with van der Waals surface area (Å²) in [5.74, 6) is -0.0560. The van der Waals surface area contributed by atoms with Gasteiger partial charge < -0.3 is 15.0 Å². The van der Waals surface area contributed by atoms with Crippen molar-refractivity contribution in [1.82, 2.24) is 10.2 Å². The highest BCUT2D eigenvalue weighted by Crippen LogP contribution is 2.35. The molecule has 144 valence electrons. The van der Waals surface area contributed by atoms with Crippen LogP contribution in [0.4, 0.5) is 10.8 Å². The Kier molecular flexibility index (Phi) is 6.52. The predicted octanol–water partition coefficient (Wildman–Crippen LogP) is 2.99. The van der Waals surface area contributed by atoms with Crippen molar-refractivity contribution >= 4 is 34.0 Å². The normalized spacial score (nSPS) is 16.7. The van der Waals surface area contributed by atoms with E-state index in [0.29, 0.717) is 31.3 Å². The van der Waals surface area contributed by atoms with Gasteiger partial charge in [-0.15, -0.1) is 10.2 Å². The number of anilines is 2. The van der Waals surface area contributed by atoms with Crippen LogP contribution in [0.1, 0.15) is 43.2 Å². The molecule has 0 spiro atoms. The first-order chi connectivity index (χ1) is 13.1. The van der Waals surface area contributed by atoms with E-state index in [2.05, 4.69) is 28.5 Å². The summed E-state index contributed by atoms with van der Waals surface area (Å²) in [6.45, 7) is 5.53. The SMILES string of the molecule is CCOCCC(=O)Nc1nnc([C@@H]2CC(=O)N(c3ccccc3CC)C2)s1. The molecule has 0 radical (unpaired) electrons. The molecule has 2 amide bonds. The summed E-state index contributed by atoms with van der Waals surface area (Å²) < 4.78 is 5.18. The Morgan fingerprint density at radius 3 is 2.93 bits per heavy atom. The summed E-state index contributed by atoms with van der Waals surface area (Å²) in [6, 6.07) is 7.99. The second kappa shape index (κ2) is 9.05. The fraction of sp³-hybridized carbons (Fsp3) is 0.474. The lowest BCUT2D eigenvalue weighted by molar-refractivity contribution is -0.118. The summed E-state index contributed by atoms with van der Waals surface area (Å²) in [4.78, 5) is 26.3. The molecule has 1 saturated heterocycles. The number of para-hydroxylation sites is 1. The summed E-state index contributed by atoms with van der Waals surface area (Å²) in [5.41, 5.74) is 2.13. The van der Waals surface area contributed by atoms with Crippen molar-refractivity contribution < 1.29 is 14.3 Å². The molecule has 2 heterocycles. The summed E-state index contributed by atoms with van der Waals surface area (Å²) in [7, 11) is 0. The topological polar surface area (TPSA) is 84.4 Å². The Morgan fingerprint density at radius 2 is 2.15 bits per heavy atom. The fourth-order valence-corrected chi connectivity index (χ4v) is 3.97. The average molecular weight is 388 g/mol. The highest BCUT2D eigenvalue weighted by Gasteiger charge is 2.34. The summed E-state index contributed by atoms with van der Waals surface area (Å²) in [5, 5.41) is 12.2. The number of rotatable bonds is 8. The zero-order valence-corrected chi connectivity index (χ0v) is 16.4. The van der Waals surface area contributed by atoms with E-state index in [1.165, 1.54) is 11.3 Å². The van der Waals surface area contributed by atoms with E-state index < -0.39 is 0 Å². The van der Waals surface area contributed by atoms with Gasteiger partial charge in [-0.2, -0.15) is 0 Å². The molecule has 0 saturated carbocycles. The van der Waals surface area contributed by atoms with Gasteiger partial charge in [-0.3, -0.25) is 9.59 Å². The van der Waals surface area contributed by atoms with Crippen LogP contribution in [0.2, 0.25) is 0 Å². The lowest BCUT2D eigenvalue weighted by Gasteiger charge is -2.19. The van der Waals surface area contributed by atoms with Gasteiger partial charge >= 0.3 is 0 Å². The average Bonchev–Trinajstić information content (AvgIpc) is 3.28. The number of aromatic nitrogens is 2. The Morgan fingerprint density at radius 1 is 1.33 bits per heavy atom. The van der Waals surface area contributed by atoms with Crippen LogP contribution in [0, 0.1) is 0 Å². The number of carbonyl (C=O) groups excluding carboxylic acids is 2. The zero-order chi connectivity index (χ0) is 19.2. The molecular weight excluding hydrogens is 364 g/mol. The monoisotopic (exact) mass is 388 g/mol. The van der Waals surface area contributed by atoms with Crippen LogP contribution in [0.3, 0.4) is 0 Å². The minimum absolute atomic E-state index is 0.00557. The van der Waals surface area contributed by atoms with Crippen LogP contribution in [0.15, 0.2) is 24.3 Å². The fourth-order valence-electron chi connectivity index (χ4n) is 3.12. The van der Waals surface area contributed by atoms with Crippen molar-refractivity contribution in [2.45, 2.75) is 39.0 Å². The summed E-state index contributed by atoms with van der Waals surface area (Å²) in [6.07, 6.45) is 1.57. The van der Waals surface area contributed by atoms with Crippen LogP contribution >= 0.6 is 11.3 Å². The van der Waals surface area contributed by atoms with E-state index in [-0.39, 0.29) is 24.2 Å². The largest absolute Gasteiger partial charge is 0.381 e. The molecule has 0 aliphatic carbocycles. The third kappa shape index (κ3) is 4.70. The maximum atomic E-state index is 12.6.